The van der Waals surface area contributed by atoms with Crippen LogP contribution in [0.2, 0.25) is 0 Å². The van der Waals surface area contributed by atoms with Crippen LogP contribution in [0.1, 0.15) is 34.9 Å². The molecule has 0 aliphatic heterocycles. The summed E-state index contributed by atoms with van der Waals surface area (Å²) in [6, 6.07) is 13.1. The number of rotatable bonds is 7. The molecule has 28 heavy (non-hydrogen) atoms. The van der Waals surface area contributed by atoms with Gasteiger partial charge < -0.3 is 18.8 Å². The maximum absolute atomic E-state index is 13.2. The van der Waals surface area contributed by atoms with Gasteiger partial charge >= 0.3 is 0 Å². The van der Waals surface area contributed by atoms with Crippen molar-refractivity contribution < 1.29 is 23.1 Å². The van der Waals surface area contributed by atoms with Crippen LogP contribution in [0.25, 0.3) is 0 Å². The van der Waals surface area contributed by atoms with Crippen LogP contribution in [0, 0.1) is 5.82 Å². The molecule has 146 valence electrons. The predicted molar refractivity (Wildman–Crippen MR) is 101 cm³/mol. The molecule has 2 aromatic carbocycles. The molecule has 0 aliphatic rings. The monoisotopic (exact) mass is 384 g/mol. The van der Waals surface area contributed by atoms with Crippen LogP contribution >= 0.6 is 0 Å². The number of nitrogens with zero attached hydrogens (tertiary/aromatic N) is 2. The van der Waals surface area contributed by atoms with Crippen LogP contribution in [-0.4, -0.2) is 29.9 Å². The van der Waals surface area contributed by atoms with E-state index in [1.165, 1.54) is 18.4 Å². The molecular formula is C21H21FN2O4. The van der Waals surface area contributed by atoms with Gasteiger partial charge in [-0.05, 0) is 36.8 Å². The minimum atomic E-state index is -0.394. The van der Waals surface area contributed by atoms with Crippen LogP contribution in [0.4, 0.5) is 4.39 Å². The minimum absolute atomic E-state index is 0.00548. The lowest BCUT2D eigenvalue weighted by molar-refractivity contribution is 0.0736. The Morgan fingerprint density at radius 1 is 1.21 bits per heavy atom. The topological polar surface area (TPSA) is 64.8 Å². The van der Waals surface area contributed by atoms with Crippen molar-refractivity contribution in [1.29, 1.82) is 0 Å². The van der Waals surface area contributed by atoms with Gasteiger partial charge in [-0.1, -0.05) is 18.2 Å². The summed E-state index contributed by atoms with van der Waals surface area (Å²) in [6.07, 6.45) is 1.30. The molecule has 1 heterocycles. The molecule has 0 saturated carbocycles. The number of hydrogen-bond acceptors (Lipinski definition) is 5. The van der Waals surface area contributed by atoms with Gasteiger partial charge in [0.2, 0.25) is 5.89 Å². The Labute approximate surface area is 162 Å². The summed E-state index contributed by atoms with van der Waals surface area (Å²) >= 11 is 0. The summed E-state index contributed by atoms with van der Waals surface area (Å²) in [5.41, 5.74) is 1.15. The van der Waals surface area contributed by atoms with Crippen molar-refractivity contribution in [2.24, 2.45) is 0 Å². The Hall–Kier alpha value is -3.35. The van der Waals surface area contributed by atoms with E-state index < -0.39 is 5.82 Å². The number of halogens is 1. The Morgan fingerprint density at radius 2 is 1.96 bits per heavy atom. The third kappa shape index (κ3) is 4.49. The Kier molecular flexibility index (Phi) is 5.93. The molecule has 7 heteroatoms. The first-order chi connectivity index (χ1) is 13.5. The van der Waals surface area contributed by atoms with Gasteiger partial charge in [0, 0.05) is 13.1 Å². The summed E-state index contributed by atoms with van der Waals surface area (Å²) in [6.45, 7) is 1.92. The van der Waals surface area contributed by atoms with Crippen molar-refractivity contribution in [2.75, 3.05) is 14.2 Å². The van der Waals surface area contributed by atoms with Crippen LogP contribution in [-0.2, 0) is 6.61 Å². The van der Waals surface area contributed by atoms with Crippen LogP contribution in [0.5, 0.6) is 11.5 Å². The summed E-state index contributed by atoms with van der Waals surface area (Å²) in [5.74, 6) is 0.679. The fourth-order valence-corrected chi connectivity index (χ4v) is 2.64. The number of carbonyl (C=O) groups excluding carboxylic acids is 1. The molecule has 0 radical (unpaired) electrons. The zero-order valence-electron chi connectivity index (χ0n) is 15.9. The standard InChI is InChI=1S/C21H21FN2O4/c1-14(15-7-9-17(26-3)10-8-15)24(2)21(25)19-12-28-20(23-19)13-27-18-6-4-5-16(22)11-18/h4-12,14H,13H2,1-3H3/t14-/m0/s1. The molecule has 1 amide bonds. The first kappa shape index (κ1) is 19.4. The molecule has 0 saturated heterocycles. The molecule has 0 aliphatic carbocycles. The van der Waals surface area contributed by atoms with E-state index >= 15 is 0 Å². The van der Waals surface area contributed by atoms with Gasteiger partial charge in [0.1, 0.15) is 23.6 Å². The van der Waals surface area contributed by atoms with Gasteiger partial charge in [-0.2, -0.15) is 0 Å². The molecule has 1 atom stereocenters. The molecule has 0 unspecified atom stereocenters. The maximum Gasteiger partial charge on any atom is 0.276 e. The predicted octanol–water partition coefficient (Wildman–Crippen LogP) is 4.23. The zero-order chi connectivity index (χ0) is 20.1. The highest BCUT2D eigenvalue weighted by Gasteiger charge is 2.22. The molecule has 0 bridgehead atoms. The zero-order valence-corrected chi connectivity index (χ0v) is 15.9. The lowest BCUT2D eigenvalue weighted by Gasteiger charge is -2.24. The van der Waals surface area contributed by atoms with Gasteiger partial charge in [0.05, 0.1) is 13.2 Å². The summed E-state index contributed by atoms with van der Waals surface area (Å²) in [7, 11) is 3.31. The lowest BCUT2D eigenvalue weighted by atomic mass is 10.1. The number of ether oxygens (including phenoxy) is 2. The van der Waals surface area contributed by atoms with E-state index in [0.717, 1.165) is 11.3 Å². The molecule has 1 aromatic heterocycles. The van der Waals surface area contributed by atoms with Crippen LogP contribution in [0.3, 0.4) is 0 Å². The fourth-order valence-electron chi connectivity index (χ4n) is 2.64. The van der Waals surface area contributed by atoms with Crippen molar-refractivity contribution >= 4 is 5.91 Å². The van der Waals surface area contributed by atoms with Crippen molar-refractivity contribution in [3.05, 3.63) is 77.8 Å². The number of amides is 1. The molecule has 0 fully saturated rings. The summed E-state index contributed by atoms with van der Waals surface area (Å²) < 4.78 is 29.1. The largest absolute Gasteiger partial charge is 0.497 e. The van der Waals surface area contributed by atoms with Gasteiger partial charge in [-0.25, -0.2) is 9.37 Å². The lowest BCUT2D eigenvalue weighted by Crippen LogP contribution is -2.30. The van der Waals surface area contributed by atoms with Gasteiger partial charge in [-0.3, -0.25) is 4.79 Å². The summed E-state index contributed by atoms with van der Waals surface area (Å²) in [4.78, 5) is 18.5. The third-order valence-corrected chi connectivity index (χ3v) is 4.43. The number of hydrogen-bond donors (Lipinski definition) is 0. The maximum atomic E-state index is 13.2. The normalized spacial score (nSPS) is 11.7. The smallest absolute Gasteiger partial charge is 0.276 e. The number of oxazole rings is 1. The van der Waals surface area contributed by atoms with E-state index in [1.807, 2.05) is 31.2 Å². The summed E-state index contributed by atoms with van der Waals surface area (Å²) in [5, 5.41) is 0. The number of benzene rings is 2. The van der Waals surface area contributed by atoms with E-state index in [-0.39, 0.29) is 30.1 Å². The van der Waals surface area contributed by atoms with E-state index in [2.05, 4.69) is 4.98 Å². The SMILES string of the molecule is COc1ccc([C@H](C)N(C)C(=O)c2coc(COc3cccc(F)c3)n2)cc1. The highest BCUT2D eigenvalue weighted by molar-refractivity contribution is 5.92. The second-order valence-electron chi connectivity index (χ2n) is 6.24. The molecule has 6 nitrogen and oxygen atoms in total. The third-order valence-electron chi connectivity index (χ3n) is 4.43. The molecule has 3 aromatic rings. The number of methoxy groups -OCH3 is 1. The van der Waals surface area contributed by atoms with Crippen molar-refractivity contribution in [3.63, 3.8) is 0 Å². The van der Waals surface area contributed by atoms with E-state index in [4.69, 9.17) is 13.9 Å². The van der Waals surface area contributed by atoms with Crippen molar-refractivity contribution in [1.82, 2.24) is 9.88 Å². The first-order valence-corrected chi connectivity index (χ1v) is 8.72. The highest BCUT2D eigenvalue weighted by Crippen LogP contribution is 2.23. The molecule has 0 spiro atoms. The Bertz CT molecular complexity index is 940. The van der Waals surface area contributed by atoms with E-state index in [0.29, 0.717) is 5.75 Å². The average molecular weight is 384 g/mol. The van der Waals surface area contributed by atoms with Gasteiger partial charge in [0.25, 0.3) is 5.91 Å². The van der Waals surface area contributed by atoms with Crippen molar-refractivity contribution in [3.8, 4) is 11.5 Å². The second kappa shape index (κ2) is 8.56. The molecular weight excluding hydrogens is 363 g/mol. The first-order valence-electron chi connectivity index (χ1n) is 8.72. The van der Waals surface area contributed by atoms with Crippen LogP contribution in [0.15, 0.2) is 59.2 Å². The van der Waals surface area contributed by atoms with E-state index in [9.17, 15) is 9.18 Å². The van der Waals surface area contributed by atoms with Crippen molar-refractivity contribution in [2.45, 2.75) is 19.6 Å². The van der Waals surface area contributed by atoms with Gasteiger partial charge in [0.15, 0.2) is 12.3 Å². The second-order valence-corrected chi connectivity index (χ2v) is 6.24. The minimum Gasteiger partial charge on any atom is -0.497 e. The van der Waals surface area contributed by atoms with E-state index in [1.54, 1.807) is 31.2 Å². The highest BCUT2D eigenvalue weighted by atomic mass is 19.1. The quantitative estimate of drug-likeness (QED) is 0.610. The molecule has 0 N–H and O–H groups in total. The van der Waals surface area contributed by atoms with Gasteiger partial charge in [-0.15, -0.1) is 0 Å². The molecule has 3 rings (SSSR count). The van der Waals surface area contributed by atoms with Crippen LogP contribution < -0.4 is 9.47 Å². The fraction of sp³-hybridized carbons (Fsp3) is 0.238. The Balaban J connectivity index is 1.63. The number of carbonyl (C=O) groups is 1. The number of aromatic nitrogens is 1. The Morgan fingerprint density at radius 3 is 2.64 bits per heavy atom. The average Bonchev–Trinajstić information content (AvgIpc) is 3.20.